The summed E-state index contributed by atoms with van der Waals surface area (Å²) in [7, 11) is 1.42. The van der Waals surface area contributed by atoms with E-state index in [1.165, 1.54) is 32.1 Å². The van der Waals surface area contributed by atoms with Crippen molar-refractivity contribution in [2.75, 3.05) is 47.5 Å². The van der Waals surface area contributed by atoms with Gasteiger partial charge >= 0.3 is 19.8 Å². The molecule has 2 unspecified atom stereocenters. The van der Waals surface area contributed by atoms with E-state index >= 15 is 0 Å². The molecule has 0 spiro atoms. The van der Waals surface area contributed by atoms with Crippen molar-refractivity contribution >= 4 is 19.8 Å². The van der Waals surface area contributed by atoms with E-state index in [1.807, 2.05) is 21.1 Å². The molecule has 460 valence electrons. The van der Waals surface area contributed by atoms with Crippen molar-refractivity contribution < 1.29 is 42.1 Å². The van der Waals surface area contributed by atoms with E-state index in [0.717, 1.165) is 135 Å². The number of hydrogen-bond acceptors (Lipinski definition) is 7. The van der Waals surface area contributed by atoms with Gasteiger partial charge in [-0.05, 0) is 135 Å². The fourth-order valence-electron chi connectivity index (χ4n) is 7.66. The van der Waals surface area contributed by atoms with Crippen LogP contribution in [0.5, 0.6) is 0 Å². The highest BCUT2D eigenvalue weighted by molar-refractivity contribution is 7.47. The third kappa shape index (κ3) is 64.3. The predicted molar refractivity (Wildman–Crippen MR) is 352 cm³/mol. The second-order valence-corrected chi connectivity index (χ2v) is 22.8. The quantitative estimate of drug-likeness (QED) is 0.0211. The highest BCUT2D eigenvalue weighted by Gasteiger charge is 2.27. The molecule has 0 aliphatic heterocycles. The third-order valence-corrected chi connectivity index (χ3v) is 13.4. The molecule has 2 atom stereocenters. The minimum Gasteiger partial charge on any atom is -0.462 e. The van der Waals surface area contributed by atoms with Crippen molar-refractivity contribution in [2.24, 2.45) is 0 Å². The van der Waals surface area contributed by atoms with Gasteiger partial charge in [0.15, 0.2) is 6.10 Å². The number of carbonyl (C=O) groups is 2. The molecule has 0 fully saturated rings. The number of quaternary nitrogens is 1. The SMILES string of the molecule is CC/C=C\C/C=C\C/C=C\C/C=C\C/C=C\C/C=C\C/C=C\C/C=C\C/C=C\CCCCCCCCCCCC(=O)OC(COC(=O)CCCC/C=C\C/C=C\C/C=C\C/C=C\C/C=C\C/C=C\CC)COP(=O)(O)OCC[N+](C)(C)C. The summed E-state index contributed by atoms with van der Waals surface area (Å²) in [6, 6.07) is 0. The van der Waals surface area contributed by atoms with Gasteiger partial charge in [0.2, 0.25) is 0 Å². The standard InChI is InChI=1S/C72H114NO8P/c1-6-8-10-12-14-16-18-20-22-24-26-28-29-30-31-32-33-34-35-36-37-38-39-40-41-42-43-45-47-49-51-53-55-57-59-61-63-65-72(75)81-70(69-80-82(76,77)79-67-66-73(3,4)5)68-78-71(74)64-62-60-58-56-54-52-50-48-46-44-27-25-23-21-19-17-15-13-11-9-7-2/h8-11,14-17,20-23,26-28,30-31,33-34,36-37,39-40,42-44,48,50,54,56,70H,6-7,12-13,18-19,24-25,29,32,35,38,41,45-47,49,51-53,55,57-69H2,1-5H3/p+1/b10-8-,11-9-,16-14-,17-15-,22-20-,23-21-,28-26-,31-30-,34-33-,37-36-,40-39-,43-42-,44-27-,50-48-,56-54-. The van der Waals surface area contributed by atoms with E-state index in [-0.39, 0.29) is 26.1 Å². The maximum absolute atomic E-state index is 12.8. The van der Waals surface area contributed by atoms with Gasteiger partial charge in [0.05, 0.1) is 27.7 Å². The smallest absolute Gasteiger partial charge is 0.462 e. The number of rotatable bonds is 55. The van der Waals surface area contributed by atoms with E-state index in [0.29, 0.717) is 23.9 Å². The average molecular weight is 1150 g/mol. The maximum Gasteiger partial charge on any atom is 0.472 e. The Morgan fingerprint density at radius 3 is 1.00 bits per heavy atom. The second-order valence-electron chi connectivity index (χ2n) is 21.3. The highest BCUT2D eigenvalue weighted by atomic mass is 31.2. The minimum absolute atomic E-state index is 0.0126. The van der Waals surface area contributed by atoms with Crippen molar-refractivity contribution in [3.63, 3.8) is 0 Å². The van der Waals surface area contributed by atoms with E-state index in [4.69, 9.17) is 18.5 Å². The molecule has 0 aromatic carbocycles. The van der Waals surface area contributed by atoms with Crippen LogP contribution in [0.3, 0.4) is 0 Å². The Kier molecular flexibility index (Phi) is 57.1. The Hall–Kier alpha value is -4.89. The van der Waals surface area contributed by atoms with Crippen molar-refractivity contribution in [1.82, 2.24) is 0 Å². The average Bonchev–Trinajstić information content (AvgIpc) is 3.46. The Bertz CT molecular complexity index is 2030. The van der Waals surface area contributed by atoms with Gasteiger partial charge in [0, 0.05) is 12.8 Å². The maximum atomic E-state index is 12.8. The first-order valence-corrected chi connectivity index (χ1v) is 33.0. The number of ether oxygens (including phenoxy) is 2. The number of phosphoric acid groups is 1. The molecule has 0 aromatic heterocycles. The molecule has 82 heavy (non-hydrogen) atoms. The topological polar surface area (TPSA) is 108 Å². The predicted octanol–water partition coefficient (Wildman–Crippen LogP) is 20.4. The largest absolute Gasteiger partial charge is 0.472 e. The molecule has 0 aromatic rings. The van der Waals surface area contributed by atoms with E-state index in [9.17, 15) is 19.0 Å². The summed E-state index contributed by atoms with van der Waals surface area (Å²) in [6.07, 6.45) is 94.0. The van der Waals surface area contributed by atoms with Crippen molar-refractivity contribution in [3.05, 3.63) is 182 Å². The van der Waals surface area contributed by atoms with Crippen LogP contribution in [0, 0.1) is 0 Å². The molecular formula is C72H115NO8P+. The molecule has 0 heterocycles. The van der Waals surface area contributed by atoms with Gasteiger partial charge in [0.1, 0.15) is 19.8 Å². The molecule has 10 heteroatoms. The van der Waals surface area contributed by atoms with Gasteiger partial charge in [-0.1, -0.05) is 241 Å². The molecule has 0 aliphatic carbocycles. The first-order valence-electron chi connectivity index (χ1n) is 31.5. The second kappa shape index (κ2) is 60.7. The van der Waals surface area contributed by atoms with Crippen molar-refractivity contribution in [2.45, 2.75) is 213 Å². The van der Waals surface area contributed by atoms with Gasteiger partial charge in [-0.2, -0.15) is 0 Å². The van der Waals surface area contributed by atoms with Crippen molar-refractivity contribution in [3.8, 4) is 0 Å². The molecule has 1 N–H and O–H groups in total. The number of likely N-dealkylation sites (N-methyl/N-ethyl adjacent to an activating group) is 1. The van der Waals surface area contributed by atoms with Crippen LogP contribution in [0.1, 0.15) is 206 Å². The number of unbranched alkanes of at least 4 members (excludes halogenated alkanes) is 11. The summed E-state index contributed by atoms with van der Waals surface area (Å²) in [6.45, 7) is 4.12. The Balaban J connectivity index is 4.23. The van der Waals surface area contributed by atoms with Crippen LogP contribution >= 0.6 is 7.82 Å². The molecular weight excluding hydrogens is 1040 g/mol. The van der Waals surface area contributed by atoms with Crippen LogP contribution < -0.4 is 0 Å². The molecule has 0 saturated carbocycles. The normalized spacial score (nSPS) is 14.5. The van der Waals surface area contributed by atoms with Gasteiger partial charge in [-0.3, -0.25) is 18.6 Å². The first-order chi connectivity index (χ1) is 40.0. The lowest BCUT2D eigenvalue weighted by molar-refractivity contribution is -0.870. The molecule has 9 nitrogen and oxygen atoms in total. The molecule has 0 radical (unpaired) electrons. The lowest BCUT2D eigenvalue weighted by Crippen LogP contribution is -2.37. The van der Waals surface area contributed by atoms with E-state index < -0.39 is 32.5 Å². The zero-order chi connectivity index (χ0) is 59.8. The lowest BCUT2D eigenvalue weighted by atomic mass is 10.1. The van der Waals surface area contributed by atoms with Crippen LogP contribution in [0.15, 0.2) is 182 Å². The fraction of sp³-hybridized carbons (Fsp3) is 0.556. The van der Waals surface area contributed by atoms with Gasteiger partial charge in [-0.25, -0.2) is 4.57 Å². The van der Waals surface area contributed by atoms with E-state index in [1.54, 1.807) is 0 Å². The zero-order valence-corrected chi connectivity index (χ0v) is 53.0. The number of hydrogen-bond donors (Lipinski definition) is 1. The Labute approximate surface area is 501 Å². The lowest BCUT2D eigenvalue weighted by Gasteiger charge is -2.24. The van der Waals surface area contributed by atoms with E-state index in [2.05, 4.69) is 196 Å². The van der Waals surface area contributed by atoms with Gasteiger partial charge in [-0.15, -0.1) is 0 Å². The first kappa shape index (κ1) is 77.1. The number of carbonyl (C=O) groups excluding carboxylic acids is 2. The van der Waals surface area contributed by atoms with Crippen LogP contribution in [0.2, 0.25) is 0 Å². The number of allylic oxidation sites excluding steroid dienone is 30. The molecule has 0 aliphatic rings. The minimum atomic E-state index is -4.41. The zero-order valence-electron chi connectivity index (χ0n) is 52.1. The monoisotopic (exact) mass is 1150 g/mol. The van der Waals surface area contributed by atoms with Crippen LogP contribution in [-0.4, -0.2) is 74.9 Å². The summed E-state index contributed by atoms with van der Waals surface area (Å²) in [4.78, 5) is 35.7. The van der Waals surface area contributed by atoms with Crippen LogP contribution in [0.25, 0.3) is 0 Å². The number of nitrogens with zero attached hydrogens (tertiary/aromatic N) is 1. The summed E-state index contributed by atoms with van der Waals surface area (Å²) in [5, 5.41) is 0. The molecule has 0 bridgehead atoms. The number of esters is 2. The van der Waals surface area contributed by atoms with Crippen LogP contribution in [0.4, 0.5) is 0 Å². The molecule has 0 amide bonds. The summed E-state index contributed by atoms with van der Waals surface area (Å²) in [5.74, 6) is -0.871. The Morgan fingerprint density at radius 1 is 0.378 bits per heavy atom. The van der Waals surface area contributed by atoms with Crippen molar-refractivity contribution in [1.29, 1.82) is 0 Å². The summed E-state index contributed by atoms with van der Waals surface area (Å²) in [5.41, 5.74) is 0. The van der Waals surface area contributed by atoms with Gasteiger partial charge in [0.25, 0.3) is 0 Å². The van der Waals surface area contributed by atoms with Crippen LogP contribution in [-0.2, 0) is 32.7 Å². The van der Waals surface area contributed by atoms with Gasteiger partial charge < -0.3 is 18.9 Å². The number of phosphoric ester groups is 1. The molecule has 0 saturated heterocycles. The molecule has 0 rings (SSSR count). The Morgan fingerprint density at radius 2 is 0.659 bits per heavy atom. The summed E-state index contributed by atoms with van der Waals surface area (Å²) < 4.78 is 34.5. The fourth-order valence-corrected chi connectivity index (χ4v) is 8.40. The highest BCUT2D eigenvalue weighted by Crippen LogP contribution is 2.43. The summed E-state index contributed by atoms with van der Waals surface area (Å²) >= 11 is 0. The third-order valence-electron chi connectivity index (χ3n) is 12.4.